The SMILES string of the molecule is CCc1nnc(-c2cc(C)c(OC)c(C)c2)s1. The van der Waals surface area contributed by atoms with Crippen molar-refractivity contribution in [2.45, 2.75) is 27.2 Å². The molecule has 2 aromatic rings. The molecule has 0 atom stereocenters. The van der Waals surface area contributed by atoms with Crippen LogP contribution in [-0.4, -0.2) is 17.3 Å². The van der Waals surface area contributed by atoms with Crippen molar-refractivity contribution in [2.75, 3.05) is 7.11 Å². The van der Waals surface area contributed by atoms with Gasteiger partial charge in [0.05, 0.1) is 7.11 Å². The molecule has 3 nitrogen and oxygen atoms in total. The standard InChI is InChI=1S/C13H16N2OS/c1-5-11-14-15-13(17-11)10-6-8(2)12(16-4)9(3)7-10/h6-7H,5H2,1-4H3. The number of hydrogen-bond acceptors (Lipinski definition) is 4. The maximum absolute atomic E-state index is 5.36. The summed E-state index contributed by atoms with van der Waals surface area (Å²) in [7, 11) is 1.70. The zero-order valence-corrected chi connectivity index (χ0v) is 11.4. The number of aromatic nitrogens is 2. The van der Waals surface area contributed by atoms with E-state index < -0.39 is 0 Å². The molecule has 0 aliphatic carbocycles. The second-order valence-electron chi connectivity index (χ2n) is 4.00. The van der Waals surface area contributed by atoms with E-state index in [9.17, 15) is 0 Å². The molecule has 0 unspecified atom stereocenters. The Morgan fingerprint density at radius 1 is 1.18 bits per heavy atom. The molecule has 1 aromatic heterocycles. The van der Waals surface area contributed by atoms with Gasteiger partial charge in [-0.3, -0.25) is 0 Å². The zero-order chi connectivity index (χ0) is 12.4. The van der Waals surface area contributed by atoms with Gasteiger partial charge in [0.15, 0.2) is 0 Å². The minimum Gasteiger partial charge on any atom is -0.496 e. The lowest BCUT2D eigenvalue weighted by molar-refractivity contribution is 0.408. The third-order valence-electron chi connectivity index (χ3n) is 2.68. The van der Waals surface area contributed by atoms with E-state index in [4.69, 9.17) is 4.74 Å². The lowest BCUT2D eigenvalue weighted by Gasteiger charge is -2.09. The summed E-state index contributed by atoms with van der Waals surface area (Å²) in [5.41, 5.74) is 3.39. The van der Waals surface area contributed by atoms with Gasteiger partial charge in [0.1, 0.15) is 15.8 Å². The normalized spacial score (nSPS) is 10.6. The Hall–Kier alpha value is -1.42. The van der Waals surface area contributed by atoms with E-state index in [1.807, 2.05) is 0 Å². The number of hydrogen-bond donors (Lipinski definition) is 0. The minimum atomic E-state index is 0.936. The summed E-state index contributed by atoms with van der Waals surface area (Å²) in [5.74, 6) is 0.953. The van der Waals surface area contributed by atoms with Gasteiger partial charge in [-0.25, -0.2) is 0 Å². The maximum atomic E-state index is 5.36. The number of benzene rings is 1. The molecule has 0 N–H and O–H groups in total. The molecular formula is C13H16N2OS. The largest absolute Gasteiger partial charge is 0.496 e. The Morgan fingerprint density at radius 2 is 1.82 bits per heavy atom. The molecule has 0 bridgehead atoms. The summed E-state index contributed by atoms with van der Waals surface area (Å²) in [6.07, 6.45) is 0.936. The van der Waals surface area contributed by atoms with Crippen LogP contribution < -0.4 is 4.74 Å². The Balaban J connectivity index is 2.46. The third kappa shape index (κ3) is 2.31. The molecule has 1 heterocycles. The lowest BCUT2D eigenvalue weighted by atomic mass is 10.1. The van der Waals surface area contributed by atoms with E-state index in [0.29, 0.717) is 0 Å². The van der Waals surface area contributed by atoms with Crippen molar-refractivity contribution in [3.63, 3.8) is 0 Å². The van der Waals surface area contributed by atoms with Crippen molar-refractivity contribution in [1.29, 1.82) is 0 Å². The summed E-state index contributed by atoms with van der Waals surface area (Å²) < 4.78 is 5.36. The van der Waals surface area contributed by atoms with E-state index in [1.54, 1.807) is 18.4 Å². The predicted molar refractivity (Wildman–Crippen MR) is 70.7 cm³/mol. The Labute approximate surface area is 105 Å². The van der Waals surface area contributed by atoms with E-state index in [1.165, 1.54) is 0 Å². The van der Waals surface area contributed by atoms with Crippen LogP contribution >= 0.6 is 11.3 Å². The number of methoxy groups -OCH3 is 1. The predicted octanol–water partition coefficient (Wildman–Crippen LogP) is 3.39. The van der Waals surface area contributed by atoms with Gasteiger partial charge in [0, 0.05) is 5.56 Å². The highest BCUT2D eigenvalue weighted by Crippen LogP contribution is 2.31. The van der Waals surface area contributed by atoms with E-state index in [-0.39, 0.29) is 0 Å². The average molecular weight is 248 g/mol. The van der Waals surface area contributed by atoms with Crippen molar-refractivity contribution >= 4 is 11.3 Å². The van der Waals surface area contributed by atoms with Crippen LogP contribution in [0.2, 0.25) is 0 Å². The van der Waals surface area contributed by atoms with Gasteiger partial charge in [0.2, 0.25) is 0 Å². The first-order valence-corrected chi connectivity index (χ1v) is 6.45. The molecule has 0 radical (unpaired) electrons. The monoisotopic (exact) mass is 248 g/mol. The van der Waals surface area contributed by atoms with Crippen LogP contribution in [0.15, 0.2) is 12.1 Å². The quantitative estimate of drug-likeness (QED) is 0.835. The molecule has 17 heavy (non-hydrogen) atoms. The fourth-order valence-corrected chi connectivity index (χ4v) is 2.68. The molecule has 0 amide bonds. The highest BCUT2D eigenvalue weighted by molar-refractivity contribution is 7.14. The van der Waals surface area contributed by atoms with Crippen LogP contribution in [0.5, 0.6) is 5.75 Å². The third-order valence-corrected chi connectivity index (χ3v) is 3.80. The van der Waals surface area contributed by atoms with Crippen LogP contribution in [0.4, 0.5) is 0 Å². The highest BCUT2D eigenvalue weighted by atomic mass is 32.1. The average Bonchev–Trinajstić information content (AvgIpc) is 2.77. The second kappa shape index (κ2) is 4.84. The number of nitrogens with zero attached hydrogens (tertiary/aromatic N) is 2. The summed E-state index contributed by atoms with van der Waals surface area (Å²) in [5, 5.41) is 10.4. The molecule has 1 aromatic carbocycles. The van der Waals surface area contributed by atoms with Crippen molar-refractivity contribution in [3.05, 3.63) is 28.3 Å². The molecule has 90 valence electrons. The molecule has 0 saturated carbocycles. The van der Waals surface area contributed by atoms with E-state index in [2.05, 4.69) is 43.1 Å². The van der Waals surface area contributed by atoms with Crippen molar-refractivity contribution in [3.8, 4) is 16.3 Å². The van der Waals surface area contributed by atoms with Crippen LogP contribution in [0.1, 0.15) is 23.1 Å². The highest BCUT2D eigenvalue weighted by Gasteiger charge is 2.10. The Morgan fingerprint density at radius 3 is 2.29 bits per heavy atom. The zero-order valence-electron chi connectivity index (χ0n) is 10.6. The second-order valence-corrected chi connectivity index (χ2v) is 5.06. The van der Waals surface area contributed by atoms with Gasteiger partial charge in [-0.05, 0) is 43.5 Å². The van der Waals surface area contributed by atoms with Gasteiger partial charge in [-0.2, -0.15) is 0 Å². The Bertz CT molecular complexity index is 511. The van der Waals surface area contributed by atoms with Crippen molar-refractivity contribution < 1.29 is 4.74 Å². The van der Waals surface area contributed by atoms with Crippen molar-refractivity contribution in [1.82, 2.24) is 10.2 Å². The first kappa shape index (κ1) is 12.0. The minimum absolute atomic E-state index is 0.936. The van der Waals surface area contributed by atoms with E-state index in [0.717, 1.165) is 38.9 Å². The van der Waals surface area contributed by atoms with Gasteiger partial charge in [-0.1, -0.05) is 18.3 Å². The molecule has 4 heteroatoms. The van der Waals surface area contributed by atoms with Crippen LogP contribution in [-0.2, 0) is 6.42 Å². The summed E-state index contributed by atoms with van der Waals surface area (Å²) >= 11 is 1.65. The smallest absolute Gasteiger partial charge is 0.147 e. The topological polar surface area (TPSA) is 35.0 Å². The fraction of sp³-hybridized carbons (Fsp3) is 0.385. The summed E-state index contributed by atoms with van der Waals surface area (Å²) in [6.45, 7) is 6.20. The molecule has 0 aliphatic heterocycles. The van der Waals surface area contributed by atoms with Gasteiger partial charge in [0.25, 0.3) is 0 Å². The Kier molecular flexibility index (Phi) is 3.43. The molecule has 2 rings (SSSR count). The van der Waals surface area contributed by atoms with Gasteiger partial charge < -0.3 is 4.74 Å². The number of rotatable bonds is 3. The summed E-state index contributed by atoms with van der Waals surface area (Å²) in [4.78, 5) is 0. The molecule has 0 fully saturated rings. The van der Waals surface area contributed by atoms with Crippen LogP contribution in [0.25, 0.3) is 10.6 Å². The first-order valence-electron chi connectivity index (χ1n) is 5.63. The van der Waals surface area contributed by atoms with Crippen LogP contribution in [0, 0.1) is 13.8 Å². The maximum Gasteiger partial charge on any atom is 0.147 e. The van der Waals surface area contributed by atoms with Crippen LogP contribution in [0.3, 0.4) is 0 Å². The molecule has 0 aliphatic rings. The van der Waals surface area contributed by atoms with Gasteiger partial charge >= 0.3 is 0 Å². The molecule has 0 saturated heterocycles. The first-order chi connectivity index (χ1) is 8.15. The molecule has 0 spiro atoms. The summed E-state index contributed by atoms with van der Waals surface area (Å²) in [6, 6.07) is 4.21. The van der Waals surface area contributed by atoms with Crippen molar-refractivity contribution in [2.24, 2.45) is 0 Å². The number of ether oxygens (including phenoxy) is 1. The molecular weight excluding hydrogens is 232 g/mol. The lowest BCUT2D eigenvalue weighted by Crippen LogP contribution is -1.92. The number of aryl methyl sites for hydroxylation is 3. The van der Waals surface area contributed by atoms with Gasteiger partial charge in [-0.15, -0.1) is 10.2 Å². The van der Waals surface area contributed by atoms with E-state index >= 15 is 0 Å². The fourth-order valence-electron chi connectivity index (χ4n) is 1.91.